The molecule has 6 nitrogen and oxygen atoms in total. The molecule has 0 aliphatic rings. The van der Waals surface area contributed by atoms with Crippen molar-refractivity contribution in [2.45, 2.75) is 277 Å². The van der Waals surface area contributed by atoms with E-state index in [0.29, 0.717) is 19.3 Å². The van der Waals surface area contributed by atoms with Crippen LogP contribution in [0.15, 0.2) is 97.2 Å². The van der Waals surface area contributed by atoms with Gasteiger partial charge >= 0.3 is 17.9 Å². The molecule has 0 aliphatic carbocycles. The zero-order chi connectivity index (χ0) is 50.7. The van der Waals surface area contributed by atoms with Crippen molar-refractivity contribution in [3.05, 3.63) is 97.2 Å². The minimum Gasteiger partial charge on any atom is -0.462 e. The Hall–Kier alpha value is -3.67. The van der Waals surface area contributed by atoms with Gasteiger partial charge in [-0.15, -0.1) is 0 Å². The zero-order valence-corrected chi connectivity index (χ0v) is 45.8. The predicted molar refractivity (Wildman–Crippen MR) is 302 cm³/mol. The third kappa shape index (κ3) is 55.3. The molecule has 0 saturated carbocycles. The third-order valence-electron chi connectivity index (χ3n) is 12.4. The smallest absolute Gasteiger partial charge is 0.306 e. The molecular weight excluding hydrogens is 865 g/mol. The van der Waals surface area contributed by atoms with Gasteiger partial charge in [0.1, 0.15) is 13.2 Å². The van der Waals surface area contributed by atoms with Crippen molar-refractivity contribution in [2.75, 3.05) is 13.2 Å². The first-order valence-corrected chi connectivity index (χ1v) is 29.3. The van der Waals surface area contributed by atoms with Crippen molar-refractivity contribution >= 4 is 17.9 Å². The Kier molecular flexibility index (Phi) is 54.9. The fourth-order valence-electron chi connectivity index (χ4n) is 8.03. The van der Waals surface area contributed by atoms with Gasteiger partial charge in [0, 0.05) is 19.3 Å². The molecule has 0 bridgehead atoms. The molecule has 0 amide bonds. The molecule has 0 spiro atoms. The molecule has 0 aromatic carbocycles. The van der Waals surface area contributed by atoms with Crippen LogP contribution >= 0.6 is 0 Å². The second-order valence-corrected chi connectivity index (χ2v) is 19.3. The van der Waals surface area contributed by atoms with Crippen molar-refractivity contribution in [1.29, 1.82) is 0 Å². The molecule has 0 aromatic heterocycles. The lowest BCUT2D eigenvalue weighted by atomic mass is 10.0. The summed E-state index contributed by atoms with van der Waals surface area (Å²) in [5, 5.41) is 0. The second-order valence-electron chi connectivity index (χ2n) is 19.3. The molecule has 70 heavy (non-hydrogen) atoms. The van der Waals surface area contributed by atoms with E-state index in [2.05, 4.69) is 118 Å². The van der Waals surface area contributed by atoms with Crippen LogP contribution in [0, 0.1) is 0 Å². The van der Waals surface area contributed by atoms with Gasteiger partial charge in [0.2, 0.25) is 0 Å². The highest BCUT2D eigenvalue weighted by Crippen LogP contribution is 2.16. The van der Waals surface area contributed by atoms with E-state index in [-0.39, 0.29) is 31.1 Å². The van der Waals surface area contributed by atoms with Gasteiger partial charge < -0.3 is 14.2 Å². The molecule has 0 heterocycles. The van der Waals surface area contributed by atoms with Crippen LogP contribution in [0.5, 0.6) is 0 Å². The van der Waals surface area contributed by atoms with Gasteiger partial charge in [0.15, 0.2) is 6.10 Å². The number of hydrogen-bond donors (Lipinski definition) is 0. The zero-order valence-electron chi connectivity index (χ0n) is 45.8. The van der Waals surface area contributed by atoms with E-state index in [1.807, 2.05) is 0 Å². The lowest BCUT2D eigenvalue weighted by molar-refractivity contribution is -0.167. The molecule has 0 fully saturated rings. The molecule has 0 radical (unpaired) electrons. The Morgan fingerprint density at radius 3 is 1.03 bits per heavy atom. The van der Waals surface area contributed by atoms with Crippen molar-refractivity contribution in [3.63, 3.8) is 0 Å². The Labute approximate surface area is 432 Å². The number of allylic oxidation sites excluding steroid dienone is 16. The first-order valence-electron chi connectivity index (χ1n) is 29.3. The molecule has 1 atom stereocenters. The Bertz CT molecular complexity index is 1400. The van der Waals surface area contributed by atoms with Gasteiger partial charge in [0.25, 0.3) is 0 Å². The summed E-state index contributed by atoms with van der Waals surface area (Å²) in [5.41, 5.74) is 0. The SMILES string of the molecule is CC/C=C\C/C=C\C/C=C\C/C=C\CCCCCCCCC(=O)OCC(COC(=O)CCCCCCCCCCCCCCCCC)OC(=O)CCCCCCC\C=C/C=C\C=C/C=C\CCCCC. The fourth-order valence-corrected chi connectivity index (χ4v) is 8.03. The van der Waals surface area contributed by atoms with Gasteiger partial charge in [-0.05, 0) is 83.5 Å². The van der Waals surface area contributed by atoms with E-state index in [1.165, 1.54) is 109 Å². The number of esters is 3. The van der Waals surface area contributed by atoms with Crippen LogP contribution in [0.25, 0.3) is 0 Å². The number of carbonyl (C=O) groups excluding carboxylic acids is 3. The molecule has 1 unspecified atom stereocenters. The highest BCUT2D eigenvalue weighted by Gasteiger charge is 2.19. The number of ether oxygens (including phenoxy) is 3. The second kappa shape index (κ2) is 57.9. The summed E-state index contributed by atoms with van der Waals surface area (Å²) in [7, 11) is 0. The average molecular weight is 974 g/mol. The minimum absolute atomic E-state index is 0.0906. The first-order chi connectivity index (χ1) is 34.5. The van der Waals surface area contributed by atoms with Crippen LogP contribution in [0.2, 0.25) is 0 Å². The molecule has 0 aliphatic heterocycles. The first kappa shape index (κ1) is 66.3. The standard InChI is InChI=1S/C64H108O6/c1-4-7-10-13-16-19-22-25-28-30-32-34-36-39-42-45-48-51-54-57-63(66)69-60-61(59-68-62(65)56-53-50-47-44-41-38-35-27-24-21-18-15-12-9-6-3)70-64(67)58-55-52-49-46-43-40-37-33-31-29-26-23-20-17-14-11-8-5-2/h7,10,16-17,19-20,23,25-26,28-29,31-34,37,61H,4-6,8-9,11-15,18,21-22,24,27,30,35-36,38-60H2,1-3H3/b10-7-,19-16-,20-17-,26-23-,28-25-,31-29-,34-32-,37-33-. The number of carbonyl (C=O) groups is 3. The maximum absolute atomic E-state index is 12.9. The van der Waals surface area contributed by atoms with Gasteiger partial charge in [0.05, 0.1) is 0 Å². The van der Waals surface area contributed by atoms with Crippen molar-refractivity contribution < 1.29 is 28.6 Å². The maximum atomic E-state index is 12.9. The number of hydrogen-bond acceptors (Lipinski definition) is 6. The van der Waals surface area contributed by atoms with E-state index in [9.17, 15) is 14.4 Å². The van der Waals surface area contributed by atoms with Crippen LogP contribution in [0.1, 0.15) is 271 Å². The minimum atomic E-state index is -0.796. The molecule has 0 saturated heterocycles. The summed E-state index contributed by atoms with van der Waals surface area (Å²) < 4.78 is 16.9. The summed E-state index contributed by atoms with van der Waals surface area (Å²) in [4.78, 5) is 38.2. The van der Waals surface area contributed by atoms with Crippen LogP contribution in [-0.4, -0.2) is 37.2 Å². The Balaban J connectivity index is 4.46. The van der Waals surface area contributed by atoms with E-state index in [0.717, 1.165) is 122 Å². The highest BCUT2D eigenvalue weighted by molar-refractivity contribution is 5.71. The fraction of sp³-hybridized carbons (Fsp3) is 0.703. The summed E-state index contributed by atoms with van der Waals surface area (Å²) >= 11 is 0. The van der Waals surface area contributed by atoms with Crippen LogP contribution in [-0.2, 0) is 28.6 Å². The average Bonchev–Trinajstić information content (AvgIpc) is 3.36. The Morgan fingerprint density at radius 1 is 0.314 bits per heavy atom. The predicted octanol–water partition coefficient (Wildman–Crippen LogP) is 19.7. The number of unbranched alkanes of at least 4 members (excludes halogenated alkanes) is 28. The van der Waals surface area contributed by atoms with E-state index >= 15 is 0 Å². The summed E-state index contributed by atoms with van der Waals surface area (Å²) in [5.74, 6) is -0.922. The number of rotatable bonds is 52. The highest BCUT2D eigenvalue weighted by atomic mass is 16.6. The largest absolute Gasteiger partial charge is 0.462 e. The Morgan fingerprint density at radius 2 is 0.614 bits per heavy atom. The molecule has 0 N–H and O–H groups in total. The summed E-state index contributed by atoms with van der Waals surface area (Å²) in [6.07, 6.45) is 76.7. The monoisotopic (exact) mass is 973 g/mol. The molecule has 0 aromatic rings. The van der Waals surface area contributed by atoms with Gasteiger partial charge in [-0.2, -0.15) is 0 Å². The summed E-state index contributed by atoms with van der Waals surface area (Å²) in [6, 6.07) is 0. The third-order valence-corrected chi connectivity index (χ3v) is 12.4. The molecule has 6 heteroatoms. The van der Waals surface area contributed by atoms with E-state index < -0.39 is 6.10 Å². The maximum Gasteiger partial charge on any atom is 0.306 e. The molecule has 400 valence electrons. The van der Waals surface area contributed by atoms with Crippen molar-refractivity contribution in [2.24, 2.45) is 0 Å². The topological polar surface area (TPSA) is 78.9 Å². The van der Waals surface area contributed by atoms with Crippen LogP contribution < -0.4 is 0 Å². The quantitative estimate of drug-likeness (QED) is 0.0199. The normalized spacial score (nSPS) is 12.8. The van der Waals surface area contributed by atoms with E-state index in [4.69, 9.17) is 14.2 Å². The van der Waals surface area contributed by atoms with E-state index in [1.54, 1.807) is 0 Å². The summed E-state index contributed by atoms with van der Waals surface area (Å²) in [6.45, 7) is 6.47. The van der Waals surface area contributed by atoms with Gasteiger partial charge in [-0.25, -0.2) is 0 Å². The van der Waals surface area contributed by atoms with Gasteiger partial charge in [-0.1, -0.05) is 266 Å². The van der Waals surface area contributed by atoms with Crippen LogP contribution in [0.4, 0.5) is 0 Å². The van der Waals surface area contributed by atoms with Crippen molar-refractivity contribution in [3.8, 4) is 0 Å². The lowest BCUT2D eigenvalue weighted by Gasteiger charge is -2.18. The molecule has 0 rings (SSSR count). The lowest BCUT2D eigenvalue weighted by Crippen LogP contribution is -2.30. The van der Waals surface area contributed by atoms with Crippen molar-refractivity contribution in [1.82, 2.24) is 0 Å². The van der Waals surface area contributed by atoms with Crippen LogP contribution in [0.3, 0.4) is 0 Å². The van der Waals surface area contributed by atoms with Gasteiger partial charge in [-0.3, -0.25) is 14.4 Å². The molecular formula is C64H108O6.